The van der Waals surface area contributed by atoms with Crippen LogP contribution in [-0.2, 0) is 0 Å². The van der Waals surface area contributed by atoms with Gasteiger partial charge in [-0.3, -0.25) is 0 Å². The maximum absolute atomic E-state index is 6.20. The number of rotatable bonds is 5. The molecule has 29 heavy (non-hydrogen) atoms. The number of hydrogen-bond donors (Lipinski definition) is 0. The largest absolute Gasteiger partial charge is 0.439 e. The van der Waals surface area contributed by atoms with Crippen molar-refractivity contribution in [3.8, 4) is 5.75 Å². The van der Waals surface area contributed by atoms with Crippen molar-refractivity contribution in [3.63, 3.8) is 0 Å². The first-order chi connectivity index (χ1) is 14.1. The van der Waals surface area contributed by atoms with E-state index in [4.69, 9.17) is 4.74 Å². The third kappa shape index (κ3) is 4.94. The van der Waals surface area contributed by atoms with Crippen LogP contribution in [0.3, 0.4) is 0 Å². The summed E-state index contributed by atoms with van der Waals surface area (Å²) in [7, 11) is 2.10. The van der Waals surface area contributed by atoms with Crippen molar-refractivity contribution in [2.45, 2.75) is 70.0 Å². The number of thioether (sulfide) groups is 1. The van der Waals surface area contributed by atoms with Crippen molar-refractivity contribution in [1.29, 1.82) is 0 Å². The van der Waals surface area contributed by atoms with Gasteiger partial charge in [-0.25, -0.2) is 0 Å². The highest BCUT2D eigenvalue weighted by Crippen LogP contribution is 2.41. The van der Waals surface area contributed by atoms with Crippen LogP contribution in [-0.4, -0.2) is 12.3 Å². The molecule has 2 saturated carbocycles. The van der Waals surface area contributed by atoms with Crippen molar-refractivity contribution in [1.82, 2.24) is 0 Å². The van der Waals surface area contributed by atoms with E-state index in [2.05, 4.69) is 55.8 Å². The Morgan fingerprint density at radius 2 is 1.79 bits per heavy atom. The van der Waals surface area contributed by atoms with Crippen molar-refractivity contribution in [2.24, 2.45) is 11.8 Å². The second kappa shape index (κ2) is 9.47. The molecular weight excluding hydrogens is 374 g/mol. The van der Waals surface area contributed by atoms with E-state index in [1.807, 2.05) is 17.8 Å². The predicted octanol–water partition coefficient (Wildman–Crippen LogP) is 7.69. The zero-order chi connectivity index (χ0) is 20.2. The third-order valence-corrected chi connectivity index (χ3v) is 8.23. The first kappa shape index (κ1) is 20.7. The topological polar surface area (TPSA) is 12.5 Å². The molecule has 0 N–H and O–H groups in total. The average molecular weight is 410 g/mol. The van der Waals surface area contributed by atoms with E-state index >= 15 is 0 Å². The highest BCUT2D eigenvalue weighted by molar-refractivity contribution is 8.03. The number of nitrogens with zero attached hydrogens (tertiary/aromatic N) is 1. The van der Waals surface area contributed by atoms with Crippen LogP contribution in [0.2, 0.25) is 0 Å². The molecule has 1 heterocycles. The Morgan fingerprint density at radius 3 is 2.55 bits per heavy atom. The highest BCUT2D eigenvalue weighted by atomic mass is 32.2. The van der Waals surface area contributed by atoms with Gasteiger partial charge in [-0.05, 0) is 61.3 Å². The second-order valence-electron chi connectivity index (χ2n) is 8.98. The number of benzene rings is 1. The van der Waals surface area contributed by atoms with Gasteiger partial charge < -0.3 is 9.64 Å². The first-order valence-electron chi connectivity index (χ1n) is 11.4. The molecule has 156 valence electrons. The van der Waals surface area contributed by atoms with E-state index in [-0.39, 0.29) is 0 Å². The fourth-order valence-electron chi connectivity index (χ4n) is 4.97. The molecule has 2 aliphatic carbocycles. The van der Waals surface area contributed by atoms with E-state index in [1.165, 1.54) is 68.3 Å². The van der Waals surface area contributed by atoms with E-state index in [1.54, 1.807) is 0 Å². The van der Waals surface area contributed by atoms with Gasteiger partial charge in [-0.1, -0.05) is 57.7 Å². The predicted molar refractivity (Wildman–Crippen MR) is 126 cm³/mol. The summed E-state index contributed by atoms with van der Waals surface area (Å²) in [6, 6.07) is 8.29. The van der Waals surface area contributed by atoms with Crippen LogP contribution in [0.1, 0.15) is 64.7 Å². The lowest BCUT2D eigenvalue weighted by Gasteiger charge is -2.29. The van der Waals surface area contributed by atoms with Crippen LogP contribution >= 0.6 is 11.8 Å². The molecule has 0 bridgehead atoms. The van der Waals surface area contributed by atoms with Gasteiger partial charge in [-0.15, -0.1) is 11.8 Å². The van der Waals surface area contributed by atoms with E-state index < -0.39 is 0 Å². The van der Waals surface area contributed by atoms with Crippen LogP contribution in [0.25, 0.3) is 0 Å². The lowest BCUT2D eigenvalue weighted by Crippen LogP contribution is -2.19. The first-order valence-corrected chi connectivity index (χ1v) is 12.3. The Bertz CT molecular complexity index is 790. The molecule has 2 atom stereocenters. The van der Waals surface area contributed by atoms with Gasteiger partial charge >= 0.3 is 0 Å². The summed E-state index contributed by atoms with van der Waals surface area (Å²) in [5.41, 5.74) is 2.55. The molecule has 0 aromatic heterocycles. The minimum absolute atomic E-state index is 0.623. The lowest BCUT2D eigenvalue weighted by molar-refractivity contribution is 0.398. The van der Waals surface area contributed by atoms with E-state index in [0.29, 0.717) is 5.92 Å². The molecule has 0 radical (unpaired) electrons. The standard InChI is InChI=1S/C26H35NOS/c1-19-11-7-10-16-25(19)29-20(2)17-22(21-12-5-4-6-13-21)18-26-27(3)23-14-8-9-15-24(23)28-26/h8-9,14-15,17-19,21,25H,2,4-7,10-13,16H2,1,3H3/b22-17-,26-18+. The Kier molecular flexibility index (Phi) is 6.74. The van der Waals surface area contributed by atoms with Crippen molar-refractivity contribution < 1.29 is 4.74 Å². The lowest BCUT2D eigenvalue weighted by atomic mass is 9.83. The molecule has 2 nitrogen and oxygen atoms in total. The summed E-state index contributed by atoms with van der Waals surface area (Å²) in [4.78, 5) is 3.39. The fourth-order valence-corrected chi connectivity index (χ4v) is 6.22. The van der Waals surface area contributed by atoms with Crippen LogP contribution in [0, 0.1) is 11.8 Å². The highest BCUT2D eigenvalue weighted by Gasteiger charge is 2.26. The summed E-state index contributed by atoms with van der Waals surface area (Å²) in [5.74, 6) is 3.31. The smallest absolute Gasteiger partial charge is 0.200 e. The van der Waals surface area contributed by atoms with Gasteiger partial charge in [-0.2, -0.15) is 0 Å². The normalized spacial score (nSPS) is 27.0. The minimum atomic E-state index is 0.623. The Hall–Kier alpha value is -1.61. The quantitative estimate of drug-likeness (QED) is 0.462. The van der Waals surface area contributed by atoms with Gasteiger partial charge in [0.05, 0.1) is 5.69 Å². The maximum atomic E-state index is 6.20. The van der Waals surface area contributed by atoms with Gasteiger partial charge in [0, 0.05) is 23.3 Å². The number of ether oxygens (including phenoxy) is 1. The molecule has 2 unspecified atom stereocenters. The van der Waals surface area contributed by atoms with Crippen molar-refractivity contribution >= 4 is 17.4 Å². The van der Waals surface area contributed by atoms with Gasteiger partial charge in [0.15, 0.2) is 5.75 Å². The summed E-state index contributed by atoms with van der Waals surface area (Å²) in [6.45, 7) is 6.87. The second-order valence-corrected chi connectivity index (χ2v) is 10.3. The molecule has 1 aliphatic heterocycles. The van der Waals surface area contributed by atoms with Crippen molar-refractivity contribution in [2.75, 3.05) is 11.9 Å². The Balaban J connectivity index is 1.55. The number of para-hydroxylation sites is 2. The van der Waals surface area contributed by atoms with E-state index in [9.17, 15) is 0 Å². The molecule has 1 aromatic rings. The van der Waals surface area contributed by atoms with Crippen LogP contribution in [0.4, 0.5) is 5.69 Å². The molecule has 0 spiro atoms. The summed E-state index contributed by atoms with van der Waals surface area (Å²) in [5, 5.41) is 0.724. The van der Waals surface area contributed by atoms with Crippen LogP contribution in [0.15, 0.2) is 59.4 Å². The molecular formula is C26H35NOS. The molecule has 1 aromatic carbocycles. The molecule has 0 amide bonds. The third-order valence-electron chi connectivity index (χ3n) is 6.80. The Labute approximate surface area is 181 Å². The molecule has 3 heteroatoms. The van der Waals surface area contributed by atoms with Crippen LogP contribution in [0.5, 0.6) is 5.75 Å². The van der Waals surface area contributed by atoms with Crippen LogP contribution < -0.4 is 9.64 Å². The monoisotopic (exact) mass is 409 g/mol. The van der Waals surface area contributed by atoms with E-state index in [0.717, 1.165) is 28.5 Å². The maximum Gasteiger partial charge on any atom is 0.200 e. The number of allylic oxidation sites excluding steroid dienone is 3. The number of hydrogen-bond acceptors (Lipinski definition) is 3. The van der Waals surface area contributed by atoms with Crippen molar-refractivity contribution in [3.05, 3.63) is 59.4 Å². The summed E-state index contributed by atoms with van der Waals surface area (Å²) < 4.78 is 6.20. The average Bonchev–Trinajstić information content (AvgIpc) is 3.05. The molecule has 2 fully saturated rings. The summed E-state index contributed by atoms with van der Waals surface area (Å²) >= 11 is 2.01. The van der Waals surface area contributed by atoms with Gasteiger partial charge in [0.1, 0.15) is 0 Å². The Morgan fingerprint density at radius 1 is 1.07 bits per heavy atom. The molecule has 0 saturated heterocycles. The van der Waals surface area contributed by atoms with Gasteiger partial charge in [0.25, 0.3) is 0 Å². The minimum Gasteiger partial charge on any atom is -0.439 e. The number of fused-ring (bicyclic) bond motifs is 1. The zero-order valence-electron chi connectivity index (χ0n) is 18.0. The number of anilines is 1. The SMILES string of the molecule is C=C(/C=C(/C=C1/Oc2ccccc2N1C)C1CCCCC1)SC1CCCCC1C. The summed E-state index contributed by atoms with van der Waals surface area (Å²) in [6.07, 6.45) is 16.7. The zero-order valence-corrected chi connectivity index (χ0v) is 18.8. The molecule has 4 rings (SSSR count). The van der Waals surface area contributed by atoms with Gasteiger partial charge in [0.2, 0.25) is 5.88 Å². The molecule has 3 aliphatic rings. The fraction of sp³-hybridized carbons (Fsp3) is 0.538.